The van der Waals surface area contributed by atoms with E-state index in [1.54, 1.807) is 0 Å². The molecule has 19 heavy (non-hydrogen) atoms. The third kappa shape index (κ3) is 2.37. The van der Waals surface area contributed by atoms with Gasteiger partial charge in [-0.2, -0.15) is 5.10 Å². The second kappa shape index (κ2) is 4.72. The van der Waals surface area contributed by atoms with Crippen LogP contribution >= 0.6 is 0 Å². The van der Waals surface area contributed by atoms with Crippen LogP contribution in [0.25, 0.3) is 0 Å². The monoisotopic (exact) mass is 255 g/mol. The van der Waals surface area contributed by atoms with Gasteiger partial charge in [-0.1, -0.05) is 29.8 Å². The SMILES string of the molecule is Cc1ccc(C2CC(Nc3c(C)n[nH]c3C)C2)cc1. The third-order valence-corrected chi connectivity index (χ3v) is 4.16. The lowest BCUT2D eigenvalue weighted by atomic mass is 9.75. The van der Waals surface area contributed by atoms with E-state index in [0.717, 1.165) is 11.4 Å². The third-order valence-electron chi connectivity index (χ3n) is 4.16. The summed E-state index contributed by atoms with van der Waals surface area (Å²) in [5.74, 6) is 0.714. The topological polar surface area (TPSA) is 40.7 Å². The second-order valence-electron chi connectivity index (χ2n) is 5.73. The van der Waals surface area contributed by atoms with Gasteiger partial charge in [0.2, 0.25) is 0 Å². The molecule has 100 valence electrons. The zero-order valence-corrected chi connectivity index (χ0v) is 11.8. The number of nitrogens with zero attached hydrogens (tertiary/aromatic N) is 1. The molecular weight excluding hydrogens is 234 g/mol. The van der Waals surface area contributed by atoms with Crippen LogP contribution in [0.1, 0.15) is 41.3 Å². The van der Waals surface area contributed by atoms with E-state index < -0.39 is 0 Å². The van der Waals surface area contributed by atoms with Crippen LogP contribution in [-0.2, 0) is 0 Å². The Bertz CT molecular complexity index is 543. The zero-order chi connectivity index (χ0) is 13.4. The Hall–Kier alpha value is -1.77. The van der Waals surface area contributed by atoms with Gasteiger partial charge in [-0.15, -0.1) is 0 Å². The van der Waals surface area contributed by atoms with Crippen molar-refractivity contribution >= 4 is 5.69 Å². The van der Waals surface area contributed by atoms with Crippen molar-refractivity contribution in [3.8, 4) is 0 Å². The van der Waals surface area contributed by atoms with Gasteiger partial charge in [0.15, 0.2) is 0 Å². The minimum Gasteiger partial charge on any atom is -0.379 e. The van der Waals surface area contributed by atoms with Crippen LogP contribution in [0.15, 0.2) is 24.3 Å². The Kier molecular flexibility index (Phi) is 3.05. The van der Waals surface area contributed by atoms with E-state index in [1.165, 1.54) is 29.7 Å². The smallest absolute Gasteiger partial charge is 0.0825 e. The summed E-state index contributed by atoms with van der Waals surface area (Å²) >= 11 is 0. The number of aromatic nitrogens is 2. The number of hydrogen-bond acceptors (Lipinski definition) is 2. The van der Waals surface area contributed by atoms with Gasteiger partial charge in [-0.3, -0.25) is 5.10 Å². The summed E-state index contributed by atoms with van der Waals surface area (Å²) in [7, 11) is 0. The van der Waals surface area contributed by atoms with Gasteiger partial charge in [0.05, 0.1) is 17.1 Å². The van der Waals surface area contributed by atoms with Gasteiger partial charge in [-0.25, -0.2) is 0 Å². The molecular formula is C16H21N3. The van der Waals surface area contributed by atoms with Crippen LogP contribution in [0.4, 0.5) is 5.69 Å². The molecule has 0 saturated heterocycles. The molecule has 0 aliphatic heterocycles. The molecule has 1 aromatic carbocycles. The highest BCUT2D eigenvalue weighted by Gasteiger charge is 2.30. The number of rotatable bonds is 3. The fourth-order valence-electron chi connectivity index (χ4n) is 2.81. The Morgan fingerprint density at radius 2 is 1.79 bits per heavy atom. The molecule has 1 aromatic heterocycles. The summed E-state index contributed by atoms with van der Waals surface area (Å²) in [6.07, 6.45) is 2.43. The second-order valence-corrected chi connectivity index (χ2v) is 5.73. The highest BCUT2D eigenvalue weighted by molar-refractivity contribution is 5.52. The van der Waals surface area contributed by atoms with Crippen molar-refractivity contribution in [2.24, 2.45) is 0 Å². The molecule has 0 radical (unpaired) electrons. The van der Waals surface area contributed by atoms with E-state index >= 15 is 0 Å². The molecule has 1 heterocycles. The number of hydrogen-bond donors (Lipinski definition) is 2. The molecule has 1 aliphatic rings. The van der Waals surface area contributed by atoms with Crippen LogP contribution in [0, 0.1) is 20.8 Å². The molecule has 2 aromatic rings. The average molecular weight is 255 g/mol. The van der Waals surface area contributed by atoms with Gasteiger partial charge in [0.1, 0.15) is 0 Å². The predicted octanol–water partition coefficient (Wildman–Crippen LogP) is 3.69. The predicted molar refractivity (Wildman–Crippen MR) is 78.6 cm³/mol. The van der Waals surface area contributed by atoms with Crippen LogP contribution in [0.5, 0.6) is 0 Å². The van der Waals surface area contributed by atoms with Crippen LogP contribution in [0.3, 0.4) is 0 Å². The van der Waals surface area contributed by atoms with Crippen molar-refractivity contribution in [3.05, 3.63) is 46.8 Å². The molecule has 0 atom stereocenters. The van der Waals surface area contributed by atoms with Crippen molar-refractivity contribution in [2.45, 2.75) is 45.6 Å². The van der Waals surface area contributed by atoms with E-state index in [9.17, 15) is 0 Å². The summed E-state index contributed by atoms with van der Waals surface area (Å²) in [6, 6.07) is 9.54. The van der Waals surface area contributed by atoms with Crippen molar-refractivity contribution in [3.63, 3.8) is 0 Å². The first-order valence-corrected chi connectivity index (χ1v) is 6.98. The Labute approximate surface area is 114 Å². The van der Waals surface area contributed by atoms with Crippen LogP contribution in [0.2, 0.25) is 0 Å². The van der Waals surface area contributed by atoms with Crippen molar-refractivity contribution in [1.29, 1.82) is 0 Å². The van der Waals surface area contributed by atoms with Crippen LogP contribution in [-0.4, -0.2) is 16.2 Å². The lowest BCUT2D eigenvalue weighted by Gasteiger charge is -2.37. The summed E-state index contributed by atoms with van der Waals surface area (Å²) in [4.78, 5) is 0. The fourth-order valence-corrected chi connectivity index (χ4v) is 2.81. The largest absolute Gasteiger partial charge is 0.379 e. The van der Waals surface area contributed by atoms with Gasteiger partial charge < -0.3 is 5.32 Å². The zero-order valence-electron chi connectivity index (χ0n) is 11.8. The first-order valence-electron chi connectivity index (χ1n) is 6.98. The highest BCUT2D eigenvalue weighted by Crippen LogP contribution is 2.39. The number of anilines is 1. The number of aryl methyl sites for hydroxylation is 3. The molecule has 2 N–H and O–H groups in total. The number of nitrogens with one attached hydrogen (secondary N) is 2. The Morgan fingerprint density at radius 1 is 1.11 bits per heavy atom. The lowest BCUT2D eigenvalue weighted by molar-refractivity contribution is 0.374. The van der Waals surface area contributed by atoms with Crippen molar-refractivity contribution in [2.75, 3.05) is 5.32 Å². The van der Waals surface area contributed by atoms with E-state index in [2.05, 4.69) is 53.6 Å². The average Bonchev–Trinajstić information content (AvgIpc) is 2.66. The molecule has 1 fully saturated rings. The summed E-state index contributed by atoms with van der Waals surface area (Å²) in [6.45, 7) is 6.25. The summed E-state index contributed by atoms with van der Waals surface area (Å²) < 4.78 is 0. The fraction of sp³-hybridized carbons (Fsp3) is 0.438. The molecule has 0 spiro atoms. The van der Waals surface area contributed by atoms with Crippen molar-refractivity contribution in [1.82, 2.24) is 10.2 Å². The van der Waals surface area contributed by atoms with Gasteiger partial charge >= 0.3 is 0 Å². The molecule has 1 aliphatic carbocycles. The maximum absolute atomic E-state index is 4.23. The molecule has 3 nitrogen and oxygen atoms in total. The summed E-state index contributed by atoms with van der Waals surface area (Å²) in [5.41, 5.74) is 6.20. The summed E-state index contributed by atoms with van der Waals surface area (Å²) in [5, 5.41) is 10.9. The van der Waals surface area contributed by atoms with Crippen molar-refractivity contribution < 1.29 is 0 Å². The molecule has 0 bridgehead atoms. The maximum Gasteiger partial charge on any atom is 0.0825 e. The van der Waals surface area contributed by atoms with E-state index in [1.807, 2.05) is 6.92 Å². The first-order chi connectivity index (χ1) is 9.13. The molecule has 0 amide bonds. The highest BCUT2D eigenvalue weighted by atomic mass is 15.2. The van der Waals surface area contributed by atoms with E-state index in [-0.39, 0.29) is 0 Å². The minimum absolute atomic E-state index is 0.585. The number of aromatic amines is 1. The van der Waals surface area contributed by atoms with Gasteiger partial charge in [-0.05, 0) is 45.1 Å². The van der Waals surface area contributed by atoms with Gasteiger partial charge in [0.25, 0.3) is 0 Å². The Balaban J connectivity index is 1.60. The number of H-pyrrole nitrogens is 1. The van der Waals surface area contributed by atoms with Gasteiger partial charge in [0, 0.05) is 6.04 Å². The standard InChI is InChI=1S/C16H21N3/c1-10-4-6-13(7-5-10)14-8-15(9-14)17-16-11(2)18-19-12(16)3/h4-7,14-15,17H,8-9H2,1-3H3,(H,18,19). The lowest BCUT2D eigenvalue weighted by Crippen LogP contribution is -2.34. The molecule has 3 heteroatoms. The molecule has 0 unspecified atom stereocenters. The quantitative estimate of drug-likeness (QED) is 0.878. The first kappa shape index (κ1) is 12.3. The maximum atomic E-state index is 4.23. The minimum atomic E-state index is 0.585. The van der Waals surface area contributed by atoms with Crippen LogP contribution < -0.4 is 5.32 Å². The van der Waals surface area contributed by atoms with E-state index in [4.69, 9.17) is 0 Å². The number of benzene rings is 1. The molecule has 3 rings (SSSR count). The van der Waals surface area contributed by atoms with E-state index in [0.29, 0.717) is 12.0 Å². The normalized spacial score (nSPS) is 22.1. The molecule has 1 saturated carbocycles. The Morgan fingerprint density at radius 3 is 2.37 bits per heavy atom.